The average Bonchev–Trinajstić information content (AvgIpc) is 3.12. The second-order valence-electron chi connectivity index (χ2n) is 7.38. The lowest BCUT2D eigenvalue weighted by molar-refractivity contribution is -0.127. The Labute approximate surface area is 163 Å². The average molecular weight is 385 g/mol. The van der Waals surface area contributed by atoms with E-state index in [1.165, 1.54) is 0 Å². The lowest BCUT2D eigenvalue weighted by atomic mass is 9.80. The third kappa shape index (κ3) is 3.66. The highest BCUT2D eigenvalue weighted by Gasteiger charge is 2.46. The molecule has 2 aliphatic rings. The van der Waals surface area contributed by atoms with Crippen LogP contribution in [-0.4, -0.2) is 60.3 Å². The SMILES string of the molecule is CN(C)c1ncc2c(n1)C1(CCN(C(=O)CSc3ccccc3)C1)COC2. The zero-order valence-corrected chi connectivity index (χ0v) is 16.5. The molecular weight excluding hydrogens is 360 g/mol. The van der Waals surface area contributed by atoms with Gasteiger partial charge in [0, 0.05) is 43.8 Å². The molecule has 1 saturated heterocycles. The molecular formula is C20H24N4O2S. The van der Waals surface area contributed by atoms with Gasteiger partial charge in [0.25, 0.3) is 0 Å². The van der Waals surface area contributed by atoms with Crippen LogP contribution in [0.1, 0.15) is 17.7 Å². The number of carbonyl (C=O) groups excluding carboxylic acids is 1. The summed E-state index contributed by atoms with van der Waals surface area (Å²) in [6, 6.07) is 10.1. The minimum absolute atomic E-state index is 0.176. The maximum atomic E-state index is 12.8. The summed E-state index contributed by atoms with van der Waals surface area (Å²) in [5.41, 5.74) is 1.88. The van der Waals surface area contributed by atoms with Gasteiger partial charge in [0.2, 0.25) is 11.9 Å². The Bertz CT molecular complexity index is 830. The molecule has 1 amide bonds. The Kier molecular flexibility index (Phi) is 5.06. The first-order valence-corrected chi connectivity index (χ1v) is 10.1. The normalized spacial score (nSPS) is 21.3. The number of aromatic nitrogens is 2. The Hall–Kier alpha value is -2.12. The van der Waals surface area contributed by atoms with Gasteiger partial charge in [-0.3, -0.25) is 4.79 Å². The number of thioether (sulfide) groups is 1. The summed E-state index contributed by atoms with van der Waals surface area (Å²) < 4.78 is 5.85. The Morgan fingerprint density at radius 2 is 2.15 bits per heavy atom. The van der Waals surface area contributed by atoms with Gasteiger partial charge in [-0.1, -0.05) is 18.2 Å². The van der Waals surface area contributed by atoms with Crippen molar-refractivity contribution in [2.24, 2.45) is 0 Å². The predicted octanol–water partition coefficient (Wildman–Crippen LogP) is 2.34. The van der Waals surface area contributed by atoms with Gasteiger partial charge in [-0.25, -0.2) is 9.97 Å². The predicted molar refractivity (Wildman–Crippen MR) is 106 cm³/mol. The number of ether oxygens (including phenoxy) is 1. The number of benzene rings is 1. The van der Waals surface area contributed by atoms with Crippen molar-refractivity contribution in [1.82, 2.24) is 14.9 Å². The van der Waals surface area contributed by atoms with Crippen molar-refractivity contribution in [3.8, 4) is 0 Å². The summed E-state index contributed by atoms with van der Waals surface area (Å²) in [4.78, 5) is 27.0. The molecule has 1 aromatic carbocycles. The molecule has 3 heterocycles. The molecule has 1 spiro atoms. The second kappa shape index (κ2) is 7.48. The van der Waals surface area contributed by atoms with Crippen LogP contribution in [0.2, 0.25) is 0 Å². The van der Waals surface area contributed by atoms with Crippen LogP contribution in [0.4, 0.5) is 5.95 Å². The standard InChI is InChI=1S/C20H24N4O2S/c1-23(2)19-21-10-15-11-26-14-20(18(15)22-19)8-9-24(13-20)17(25)12-27-16-6-4-3-5-7-16/h3-7,10H,8-9,11-14H2,1-2H3. The van der Waals surface area contributed by atoms with Gasteiger partial charge < -0.3 is 14.5 Å². The first kappa shape index (κ1) is 18.3. The molecule has 1 aromatic heterocycles. The highest BCUT2D eigenvalue weighted by atomic mass is 32.2. The molecule has 4 rings (SSSR count). The summed E-state index contributed by atoms with van der Waals surface area (Å²) in [6.07, 6.45) is 2.75. The molecule has 6 nitrogen and oxygen atoms in total. The van der Waals surface area contributed by atoms with Crippen LogP contribution in [0.5, 0.6) is 0 Å². The van der Waals surface area contributed by atoms with E-state index in [0.29, 0.717) is 31.5 Å². The number of carbonyl (C=O) groups is 1. The number of hydrogen-bond acceptors (Lipinski definition) is 6. The van der Waals surface area contributed by atoms with Gasteiger partial charge in [-0.05, 0) is 18.6 Å². The third-order valence-electron chi connectivity index (χ3n) is 5.20. The van der Waals surface area contributed by atoms with E-state index in [4.69, 9.17) is 9.72 Å². The van der Waals surface area contributed by atoms with Crippen molar-refractivity contribution in [2.45, 2.75) is 23.3 Å². The number of hydrogen-bond donors (Lipinski definition) is 0. The Morgan fingerprint density at radius 3 is 2.93 bits per heavy atom. The largest absolute Gasteiger partial charge is 0.376 e. The molecule has 142 valence electrons. The van der Waals surface area contributed by atoms with Gasteiger partial charge in [-0.15, -0.1) is 11.8 Å². The van der Waals surface area contributed by atoms with Gasteiger partial charge in [0.05, 0.1) is 30.1 Å². The van der Waals surface area contributed by atoms with E-state index in [2.05, 4.69) is 4.98 Å². The monoisotopic (exact) mass is 384 g/mol. The molecule has 1 fully saturated rings. The number of anilines is 1. The van der Waals surface area contributed by atoms with E-state index >= 15 is 0 Å². The summed E-state index contributed by atoms with van der Waals surface area (Å²) in [5.74, 6) is 1.34. The third-order valence-corrected chi connectivity index (χ3v) is 6.20. The Morgan fingerprint density at radius 1 is 1.33 bits per heavy atom. The fraction of sp³-hybridized carbons (Fsp3) is 0.450. The van der Waals surface area contributed by atoms with Gasteiger partial charge in [0.15, 0.2) is 0 Å². The molecule has 2 aliphatic heterocycles. The van der Waals surface area contributed by atoms with Crippen LogP contribution in [0.3, 0.4) is 0 Å². The lowest BCUT2D eigenvalue weighted by Crippen LogP contribution is -2.42. The van der Waals surface area contributed by atoms with Crippen molar-refractivity contribution in [3.05, 3.63) is 47.8 Å². The number of likely N-dealkylation sites (tertiary alicyclic amines) is 1. The molecule has 0 N–H and O–H groups in total. The molecule has 27 heavy (non-hydrogen) atoms. The van der Waals surface area contributed by atoms with Crippen LogP contribution in [0.15, 0.2) is 41.4 Å². The minimum atomic E-state index is -0.214. The number of amides is 1. The van der Waals surface area contributed by atoms with Gasteiger partial charge in [-0.2, -0.15) is 0 Å². The number of nitrogens with zero attached hydrogens (tertiary/aromatic N) is 4. The van der Waals surface area contributed by atoms with Crippen LogP contribution in [0.25, 0.3) is 0 Å². The van der Waals surface area contributed by atoms with E-state index in [9.17, 15) is 4.79 Å². The van der Waals surface area contributed by atoms with Crippen LogP contribution >= 0.6 is 11.8 Å². The first-order valence-electron chi connectivity index (χ1n) is 9.14. The Balaban J connectivity index is 1.49. The maximum absolute atomic E-state index is 12.8. The van der Waals surface area contributed by atoms with Gasteiger partial charge >= 0.3 is 0 Å². The summed E-state index contributed by atoms with van der Waals surface area (Å²) in [5, 5.41) is 0. The van der Waals surface area contributed by atoms with Crippen molar-refractivity contribution < 1.29 is 9.53 Å². The first-order chi connectivity index (χ1) is 13.1. The lowest BCUT2D eigenvalue weighted by Gasteiger charge is -2.34. The van der Waals surface area contributed by atoms with Crippen LogP contribution in [-0.2, 0) is 21.6 Å². The summed E-state index contributed by atoms with van der Waals surface area (Å²) in [6.45, 7) is 2.57. The van der Waals surface area contributed by atoms with Crippen molar-refractivity contribution in [3.63, 3.8) is 0 Å². The summed E-state index contributed by atoms with van der Waals surface area (Å²) >= 11 is 1.59. The maximum Gasteiger partial charge on any atom is 0.232 e. The van der Waals surface area contributed by atoms with Crippen molar-refractivity contribution >= 4 is 23.6 Å². The highest BCUT2D eigenvalue weighted by Crippen LogP contribution is 2.39. The molecule has 0 saturated carbocycles. The number of rotatable bonds is 4. The quantitative estimate of drug-likeness (QED) is 0.754. The highest BCUT2D eigenvalue weighted by molar-refractivity contribution is 8.00. The molecule has 7 heteroatoms. The fourth-order valence-corrected chi connectivity index (χ4v) is 4.57. The fourth-order valence-electron chi connectivity index (χ4n) is 3.75. The van der Waals surface area contributed by atoms with Crippen molar-refractivity contribution in [2.75, 3.05) is 44.4 Å². The van der Waals surface area contributed by atoms with E-state index in [1.54, 1.807) is 11.8 Å². The second-order valence-corrected chi connectivity index (χ2v) is 8.43. The van der Waals surface area contributed by atoms with E-state index in [0.717, 1.165) is 29.1 Å². The van der Waals surface area contributed by atoms with Gasteiger partial charge in [0.1, 0.15) is 0 Å². The molecule has 1 atom stereocenters. The van der Waals surface area contributed by atoms with E-state index in [1.807, 2.05) is 60.4 Å². The molecule has 2 aromatic rings. The number of fused-ring (bicyclic) bond motifs is 2. The molecule has 0 aliphatic carbocycles. The molecule has 0 bridgehead atoms. The molecule has 0 radical (unpaired) electrons. The van der Waals surface area contributed by atoms with E-state index < -0.39 is 0 Å². The molecule has 1 unspecified atom stereocenters. The van der Waals surface area contributed by atoms with Crippen LogP contribution in [0, 0.1) is 0 Å². The topological polar surface area (TPSA) is 58.6 Å². The zero-order valence-electron chi connectivity index (χ0n) is 15.7. The van der Waals surface area contributed by atoms with E-state index in [-0.39, 0.29) is 11.3 Å². The zero-order chi connectivity index (χ0) is 18.9. The van der Waals surface area contributed by atoms with Crippen molar-refractivity contribution in [1.29, 1.82) is 0 Å². The summed E-state index contributed by atoms with van der Waals surface area (Å²) in [7, 11) is 3.89. The minimum Gasteiger partial charge on any atom is -0.376 e. The smallest absolute Gasteiger partial charge is 0.232 e. The van der Waals surface area contributed by atoms with Crippen LogP contribution < -0.4 is 4.90 Å².